The predicted molar refractivity (Wildman–Crippen MR) is 97.8 cm³/mol. The Morgan fingerprint density at radius 1 is 1.29 bits per heavy atom. The monoisotopic (exact) mass is 391 g/mol. The number of likely N-dealkylation sites (N-methyl/N-ethyl adjacent to an activating group) is 1. The number of rotatable bonds is 6. The van der Waals surface area contributed by atoms with Crippen LogP contribution in [0.1, 0.15) is 39.8 Å². The second kappa shape index (κ2) is 7.97. The Bertz CT molecular complexity index is 1000. The molecule has 1 N–H and O–H groups in total. The number of nitrogens with zero attached hydrogens (tertiary/aromatic N) is 4. The van der Waals surface area contributed by atoms with E-state index in [0.717, 1.165) is 4.52 Å². The topological polar surface area (TPSA) is 62.5 Å². The first kappa shape index (κ1) is 19.8. The van der Waals surface area contributed by atoms with Crippen LogP contribution in [0.3, 0.4) is 0 Å². The minimum atomic E-state index is -2.74. The molecule has 28 heavy (non-hydrogen) atoms. The van der Waals surface area contributed by atoms with E-state index in [1.54, 1.807) is 19.1 Å². The maximum Gasteiger partial charge on any atom is 0.280 e. The maximum absolute atomic E-state index is 13.5. The van der Waals surface area contributed by atoms with Gasteiger partial charge < -0.3 is 10.2 Å². The number of aromatic nitrogens is 3. The number of hydrogen-bond acceptors (Lipinski definition) is 4. The van der Waals surface area contributed by atoms with Crippen molar-refractivity contribution in [1.82, 2.24) is 24.8 Å². The van der Waals surface area contributed by atoms with Gasteiger partial charge in [0.25, 0.3) is 12.3 Å². The third-order valence-electron chi connectivity index (χ3n) is 4.41. The predicted octanol–water partition coefficient (Wildman–Crippen LogP) is 3.15. The van der Waals surface area contributed by atoms with Crippen molar-refractivity contribution in [1.29, 1.82) is 0 Å². The van der Waals surface area contributed by atoms with Crippen molar-refractivity contribution in [3.63, 3.8) is 0 Å². The Morgan fingerprint density at radius 2 is 2.04 bits per heavy atom. The van der Waals surface area contributed by atoms with Crippen LogP contribution in [0, 0.1) is 12.7 Å². The van der Waals surface area contributed by atoms with Crippen molar-refractivity contribution < 1.29 is 18.0 Å². The van der Waals surface area contributed by atoms with Crippen LogP contribution in [-0.2, 0) is 0 Å². The number of benzene rings is 1. The van der Waals surface area contributed by atoms with Crippen LogP contribution in [0.4, 0.5) is 13.2 Å². The minimum absolute atomic E-state index is 0.0694. The summed E-state index contributed by atoms with van der Waals surface area (Å²) in [4.78, 5) is 18.7. The van der Waals surface area contributed by atoms with Crippen LogP contribution >= 0.6 is 0 Å². The molecule has 0 saturated carbocycles. The third kappa shape index (κ3) is 3.99. The molecular formula is C19H20F3N5O. The molecule has 2 aromatic heterocycles. The van der Waals surface area contributed by atoms with Gasteiger partial charge in [-0.25, -0.2) is 22.7 Å². The molecule has 0 radical (unpaired) electrons. The van der Waals surface area contributed by atoms with E-state index in [1.165, 1.54) is 24.4 Å². The molecule has 3 rings (SSSR count). The van der Waals surface area contributed by atoms with Crippen molar-refractivity contribution in [2.75, 3.05) is 20.6 Å². The van der Waals surface area contributed by atoms with Gasteiger partial charge in [0.15, 0.2) is 5.65 Å². The van der Waals surface area contributed by atoms with Gasteiger partial charge in [-0.05, 0) is 44.8 Å². The zero-order chi connectivity index (χ0) is 20.4. The van der Waals surface area contributed by atoms with Crippen molar-refractivity contribution in [2.45, 2.75) is 19.4 Å². The van der Waals surface area contributed by atoms with Gasteiger partial charge in [0.2, 0.25) is 0 Å². The first-order valence-electron chi connectivity index (χ1n) is 8.61. The quantitative estimate of drug-likeness (QED) is 0.701. The van der Waals surface area contributed by atoms with Crippen LogP contribution in [0.5, 0.6) is 0 Å². The number of nitrogens with one attached hydrogen (secondary N) is 1. The fourth-order valence-corrected chi connectivity index (χ4v) is 3.03. The summed E-state index contributed by atoms with van der Waals surface area (Å²) in [6, 6.07) is 7.10. The largest absolute Gasteiger partial charge is 0.350 e. The highest BCUT2D eigenvalue weighted by Crippen LogP contribution is 2.22. The normalized spacial score (nSPS) is 12.7. The average molecular weight is 391 g/mol. The molecule has 1 aromatic carbocycles. The van der Waals surface area contributed by atoms with Gasteiger partial charge in [0, 0.05) is 12.2 Å². The van der Waals surface area contributed by atoms with Gasteiger partial charge in [-0.3, -0.25) is 4.79 Å². The number of hydrogen-bond donors (Lipinski definition) is 1. The van der Waals surface area contributed by atoms with Gasteiger partial charge in [0.05, 0.1) is 12.2 Å². The van der Waals surface area contributed by atoms with Crippen LogP contribution in [0.25, 0.3) is 5.65 Å². The smallest absolute Gasteiger partial charge is 0.280 e. The molecule has 0 aliphatic carbocycles. The van der Waals surface area contributed by atoms with E-state index < -0.39 is 12.3 Å². The first-order valence-corrected chi connectivity index (χ1v) is 8.61. The van der Waals surface area contributed by atoms with Gasteiger partial charge in [-0.1, -0.05) is 12.1 Å². The molecule has 2 heterocycles. The summed E-state index contributed by atoms with van der Waals surface area (Å²) in [6.45, 7) is 1.77. The Hall–Kier alpha value is -2.94. The Balaban J connectivity index is 1.85. The average Bonchev–Trinajstić information content (AvgIpc) is 3.04. The summed E-state index contributed by atoms with van der Waals surface area (Å²) in [7, 11) is 3.63. The van der Waals surface area contributed by atoms with Crippen molar-refractivity contribution in [3.8, 4) is 0 Å². The van der Waals surface area contributed by atoms with Crippen LogP contribution in [0.2, 0.25) is 0 Å². The molecule has 0 aliphatic rings. The molecule has 148 valence electrons. The number of halogens is 3. The lowest BCUT2D eigenvalue weighted by atomic mass is 10.1. The molecule has 0 aliphatic heterocycles. The Morgan fingerprint density at radius 3 is 2.68 bits per heavy atom. The van der Waals surface area contributed by atoms with Crippen LogP contribution < -0.4 is 5.32 Å². The van der Waals surface area contributed by atoms with Gasteiger partial charge in [-0.2, -0.15) is 5.10 Å². The van der Waals surface area contributed by atoms with Gasteiger partial charge >= 0.3 is 0 Å². The zero-order valence-corrected chi connectivity index (χ0v) is 15.7. The van der Waals surface area contributed by atoms with Gasteiger partial charge in [0.1, 0.15) is 17.1 Å². The zero-order valence-electron chi connectivity index (χ0n) is 15.7. The fourth-order valence-electron chi connectivity index (χ4n) is 3.03. The lowest BCUT2D eigenvalue weighted by molar-refractivity contribution is 0.0943. The summed E-state index contributed by atoms with van der Waals surface area (Å²) in [5, 5.41) is 6.65. The summed E-state index contributed by atoms with van der Waals surface area (Å²) >= 11 is 0. The summed E-state index contributed by atoms with van der Waals surface area (Å²) in [5.74, 6) is -0.853. The number of aryl methyl sites for hydroxylation is 1. The van der Waals surface area contributed by atoms with Crippen LogP contribution in [-0.4, -0.2) is 46.0 Å². The fraction of sp³-hybridized carbons (Fsp3) is 0.316. The molecule has 0 fully saturated rings. The molecule has 3 aromatic rings. The highest BCUT2D eigenvalue weighted by molar-refractivity contribution is 5.99. The van der Waals surface area contributed by atoms with E-state index >= 15 is 0 Å². The number of carbonyl (C=O) groups excluding carboxylic acids is 1. The van der Waals surface area contributed by atoms with Crippen molar-refractivity contribution >= 4 is 11.6 Å². The number of fused-ring (bicyclic) bond motifs is 1. The molecular weight excluding hydrogens is 371 g/mol. The molecule has 9 heteroatoms. The summed E-state index contributed by atoms with van der Waals surface area (Å²) in [5.41, 5.74) is 0.914. The number of alkyl halides is 2. The molecule has 0 saturated heterocycles. The molecule has 6 nitrogen and oxygen atoms in total. The van der Waals surface area contributed by atoms with Crippen molar-refractivity contribution in [2.24, 2.45) is 0 Å². The lowest BCUT2D eigenvalue weighted by Gasteiger charge is -2.25. The van der Waals surface area contributed by atoms with E-state index in [4.69, 9.17) is 0 Å². The highest BCUT2D eigenvalue weighted by Gasteiger charge is 2.22. The lowest BCUT2D eigenvalue weighted by Crippen LogP contribution is -2.34. The van der Waals surface area contributed by atoms with Crippen molar-refractivity contribution in [3.05, 3.63) is 64.9 Å². The standard InChI is InChI=1S/C19H20F3N5O/c1-11-7-15(17(21)22)27-18(25-11)14(9-24-27)19(28)23-10-16(26(2)3)12-5-4-6-13(20)8-12/h4-9,16-17H,10H2,1-3H3,(H,23,28)/t16-/m1/s1. The summed E-state index contributed by atoms with van der Waals surface area (Å²) in [6.07, 6.45) is -1.53. The molecule has 0 unspecified atom stereocenters. The van der Waals surface area contributed by atoms with E-state index in [9.17, 15) is 18.0 Å². The third-order valence-corrected chi connectivity index (χ3v) is 4.41. The highest BCUT2D eigenvalue weighted by atomic mass is 19.3. The van der Waals surface area contributed by atoms with Crippen LogP contribution in [0.15, 0.2) is 36.5 Å². The SMILES string of the molecule is Cc1cc(C(F)F)n2ncc(C(=O)NC[C@H](c3cccc(F)c3)N(C)C)c2n1. The number of amides is 1. The van der Waals surface area contributed by atoms with E-state index in [2.05, 4.69) is 15.4 Å². The first-order chi connectivity index (χ1) is 13.3. The molecule has 1 amide bonds. The van der Waals surface area contributed by atoms with E-state index in [1.807, 2.05) is 19.0 Å². The Kier molecular flexibility index (Phi) is 5.64. The van der Waals surface area contributed by atoms with E-state index in [0.29, 0.717) is 11.3 Å². The molecule has 1 atom stereocenters. The minimum Gasteiger partial charge on any atom is -0.350 e. The number of carbonyl (C=O) groups is 1. The molecule has 0 bridgehead atoms. The maximum atomic E-state index is 13.5. The Labute approximate surface area is 160 Å². The molecule has 0 spiro atoms. The second-order valence-electron chi connectivity index (χ2n) is 6.66. The summed E-state index contributed by atoms with van der Waals surface area (Å²) < 4.78 is 41.0. The van der Waals surface area contributed by atoms with E-state index in [-0.39, 0.29) is 35.3 Å². The van der Waals surface area contributed by atoms with Gasteiger partial charge in [-0.15, -0.1) is 0 Å². The second-order valence-corrected chi connectivity index (χ2v) is 6.66.